The molecular formula is C17H18NNaO2S. The van der Waals surface area contributed by atoms with Crippen LogP contribution in [0.25, 0.3) is 0 Å². The van der Waals surface area contributed by atoms with Crippen molar-refractivity contribution in [1.82, 2.24) is 0 Å². The number of hydrogen-bond acceptors (Lipinski definition) is 3. The third-order valence-corrected chi connectivity index (χ3v) is 3.99. The van der Waals surface area contributed by atoms with E-state index in [0.29, 0.717) is 21.7 Å². The molecular weight excluding hydrogens is 305 g/mol. The molecule has 0 aliphatic rings. The summed E-state index contributed by atoms with van der Waals surface area (Å²) >= 11 is 5.50. The van der Waals surface area contributed by atoms with Gasteiger partial charge in [-0.1, -0.05) is 60.2 Å². The summed E-state index contributed by atoms with van der Waals surface area (Å²) in [5.74, 6) is -1.56. The van der Waals surface area contributed by atoms with Gasteiger partial charge in [0.15, 0.2) is 0 Å². The zero-order chi connectivity index (χ0) is 15.6. The number of para-hydroxylation sites is 1. The molecule has 0 radical (unpaired) electrons. The van der Waals surface area contributed by atoms with Crippen LogP contribution in [0.5, 0.6) is 0 Å². The number of rotatable bonds is 4. The minimum atomic E-state index is -0.903. The number of carboxylic acid groups (broad SMARTS) is 1. The van der Waals surface area contributed by atoms with Gasteiger partial charge in [-0.05, 0) is 25.0 Å². The molecule has 2 aromatic rings. The molecule has 1 atom stereocenters. The van der Waals surface area contributed by atoms with Crippen LogP contribution in [0.15, 0.2) is 42.5 Å². The molecule has 0 aliphatic carbocycles. The fourth-order valence-corrected chi connectivity index (χ4v) is 2.47. The number of aliphatic carboxylic acids is 1. The van der Waals surface area contributed by atoms with Crippen LogP contribution in [0.1, 0.15) is 36.5 Å². The Morgan fingerprint density at radius 2 is 1.82 bits per heavy atom. The molecule has 0 aromatic heterocycles. The number of carboxylic acids is 1. The molecule has 0 saturated carbocycles. The maximum absolute atomic E-state index is 11.2. The summed E-state index contributed by atoms with van der Waals surface area (Å²) in [7, 11) is 0. The summed E-state index contributed by atoms with van der Waals surface area (Å²) in [5.41, 5.74) is 9.94. The van der Waals surface area contributed by atoms with E-state index in [1.165, 1.54) is 0 Å². The molecule has 2 aromatic carbocycles. The maximum atomic E-state index is 11.2. The third kappa shape index (κ3) is 3.96. The van der Waals surface area contributed by atoms with Crippen LogP contribution < -0.4 is 35.3 Å². The first-order valence-corrected chi connectivity index (χ1v) is 7.05. The first-order chi connectivity index (χ1) is 9.91. The van der Waals surface area contributed by atoms with Crippen molar-refractivity contribution in [3.05, 3.63) is 64.7 Å². The molecule has 3 nitrogen and oxygen atoms in total. The van der Waals surface area contributed by atoms with Crippen molar-refractivity contribution in [3.8, 4) is 0 Å². The van der Waals surface area contributed by atoms with Gasteiger partial charge in [-0.25, -0.2) is 0 Å². The van der Waals surface area contributed by atoms with Crippen molar-refractivity contribution in [1.29, 1.82) is 0 Å². The standard InChI is InChI=1S/C17H17NO2S.Na.H/c1-10-6-8-12(9-7-10)16(21)14-5-3-4-13(15(14)18)11(2)17(19)20;;/h3-9,11H,18H2,1-2H3,(H,19,20);;/q;+1;-1. The number of hydrogen-bond donors (Lipinski definition) is 2. The van der Waals surface area contributed by atoms with E-state index in [9.17, 15) is 4.79 Å². The van der Waals surface area contributed by atoms with Crippen LogP contribution in [0.4, 0.5) is 5.69 Å². The van der Waals surface area contributed by atoms with Crippen LogP contribution in [0, 0.1) is 6.92 Å². The van der Waals surface area contributed by atoms with Crippen molar-refractivity contribution in [3.63, 3.8) is 0 Å². The molecule has 0 spiro atoms. The number of nitrogen functional groups attached to an aromatic ring is 1. The van der Waals surface area contributed by atoms with Crippen molar-refractivity contribution in [2.24, 2.45) is 0 Å². The van der Waals surface area contributed by atoms with Crippen LogP contribution >= 0.6 is 12.2 Å². The van der Waals surface area contributed by atoms with E-state index in [4.69, 9.17) is 23.1 Å². The fraction of sp³-hybridized carbons (Fsp3) is 0.176. The Bertz CT molecular complexity index is 704. The summed E-state index contributed by atoms with van der Waals surface area (Å²) < 4.78 is 0. The topological polar surface area (TPSA) is 63.3 Å². The number of aryl methyl sites for hydroxylation is 1. The van der Waals surface area contributed by atoms with Crippen molar-refractivity contribution in [2.45, 2.75) is 19.8 Å². The Hall–Kier alpha value is -1.20. The molecule has 0 amide bonds. The normalized spacial score (nSPS) is 11.4. The van der Waals surface area contributed by atoms with Crippen LogP contribution in [-0.2, 0) is 4.79 Å². The van der Waals surface area contributed by atoms with E-state index in [2.05, 4.69) is 0 Å². The summed E-state index contributed by atoms with van der Waals surface area (Å²) in [6.07, 6.45) is 0. The Morgan fingerprint density at radius 1 is 1.23 bits per heavy atom. The molecule has 2 rings (SSSR count). The number of benzene rings is 2. The quantitative estimate of drug-likeness (QED) is 0.375. The minimum absolute atomic E-state index is 0. The number of anilines is 1. The molecule has 110 valence electrons. The maximum Gasteiger partial charge on any atom is 1.00 e. The van der Waals surface area contributed by atoms with Gasteiger partial charge in [0.2, 0.25) is 0 Å². The van der Waals surface area contributed by atoms with Gasteiger partial charge in [-0.2, -0.15) is 0 Å². The Balaban J connectivity index is 0.00000242. The second-order valence-corrected chi connectivity index (χ2v) is 5.47. The van der Waals surface area contributed by atoms with Gasteiger partial charge in [-0.15, -0.1) is 0 Å². The smallest absolute Gasteiger partial charge is 1.00 e. The van der Waals surface area contributed by atoms with Crippen molar-refractivity contribution in [2.75, 3.05) is 5.73 Å². The van der Waals surface area contributed by atoms with E-state index in [-0.39, 0.29) is 31.0 Å². The summed E-state index contributed by atoms with van der Waals surface area (Å²) in [6, 6.07) is 13.2. The molecule has 0 saturated heterocycles. The van der Waals surface area contributed by atoms with E-state index in [0.717, 1.165) is 11.1 Å². The number of thiocarbonyl (C=S) groups is 1. The molecule has 0 aliphatic heterocycles. The van der Waals surface area contributed by atoms with Crippen molar-refractivity contribution >= 4 is 28.7 Å². The molecule has 1 unspecified atom stereocenters. The molecule has 0 fully saturated rings. The largest absolute Gasteiger partial charge is 1.00 e. The Labute approximate surface area is 159 Å². The van der Waals surface area contributed by atoms with Gasteiger partial charge in [0.25, 0.3) is 0 Å². The van der Waals surface area contributed by atoms with Crippen LogP contribution in [0.2, 0.25) is 0 Å². The second kappa shape index (κ2) is 7.88. The summed E-state index contributed by atoms with van der Waals surface area (Å²) in [5, 5.41) is 9.15. The van der Waals surface area contributed by atoms with Gasteiger partial charge >= 0.3 is 35.5 Å². The van der Waals surface area contributed by atoms with Crippen molar-refractivity contribution < 1.29 is 40.9 Å². The average Bonchev–Trinajstić information content (AvgIpc) is 2.47. The predicted molar refractivity (Wildman–Crippen MR) is 90.0 cm³/mol. The van der Waals surface area contributed by atoms with E-state index in [1.807, 2.05) is 37.3 Å². The van der Waals surface area contributed by atoms with E-state index in [1.54, 1.807) is 19.1 Å². The first kappa shape index (κ1) is 18.8. The van der Waals surface area contributed by atoms with E-state index < -0.39 is 11.9 Å². The minimum Gasteiger partial charge on any atom is -1.00 e. The van der Waals surface area contributed by atoms with Crippen LogP contribution in [-0.4, -0.2) is 15.9 Å². The van der Waals surface area contributed by atoms with Gasteiger partial charge in [-0.3, -0.25) is 4.79 Å². The molecule has 5 heteroatoms. The van der Waals surface area contributed by atoms with Gasteiger partial charge in [0.1, 0.15) is 0 Å². The third-order valence-electron chi connectivity index (χ3n) is 3.54. The summed E-state index contributed by atoms with van der Waals surface area (Å²) in [6.45, 7) is 3.63. The number of nitrogens with two attached hydrogens (primary N) is 1. The zero-order valence-electron chi connectivity index (χ0n) is 14.0. The van der Waals surface area contributed by atoms with Gasteiger partial charge < -0.3 is 12.3 Å². The SMILES string of the molecule is Cc1ccc(C(=S)c2cccc(C(C)C(=O)O)c2N)cc1.[H-].[Na+]. The second-order valence-electron chi connectivity index (χ2n) is 5.06. The number of carbonyl (C=O) groups is 1. The fourth-order valence-electron chi connectivity index (χ4n) is 2.15. The monoisotopic (exact) mass is 323 g/mol. The van der Waals surface area contributed by atoms with Crippen LogP contribution in [0.3, 0.4) is 0 Å². The Morgan fingerprint density at radius 3 is 2.36 bits per heavy atom. The predicted octanol–water partition coefficient (Wildman–Crippen LogP) is 0.648. The molecule has 22 heavy (non-hydrogen) atoms. The van der Waals surface area contributed by atoms with E-state index >= 15 is 0 Å². The Kier molecular flexibility index (Phi) is 6.75. The van der Waals surface area contributed by atoms with Gasteiger partial charge in [0, 0.05) is 11.3 Å². The first-order valence-electron chi connectivity index (χ1n) is 6.64. The van der Waals surface area contributed by atoms with Gasteiger partial charge in [0.05, 0.1) is 10.8 Å². The summed E-state index contributed by atoms with van der Waals surface area (Å²) in [4.78, 5) is 11.8. The molecule has 0 bridgehead atoms. The molecule has 3 N–H and O–H groups in total. The average molecular weight is 323 g/mol. The zero-order valence-corrected chi connectivity index (χ0v) is 15.8. The molecule has 0 heterocycles.